The molecule has 1 N–H and O–H groups in total. The zero-order valence-electron chi connectivity index (χ0n) is 16.5. The zero-order chi connectivity index (χ0) is 21.4. The molecule has 29 heavy (non-hydrogen) atoms. The maximum atomic E-state index is 13.3. The Hall–Kier alpha value is -2.45. The highest BCUT2D eigenvalue weighted by Crippen LogP contribution is 2.24. The van der Waals surface area contributed by atoms with Crippen molar-refractivity contribution in [3.63, 3.8) is 0 Å². The third-order valence-corrected chi connectivity index (χ3v) is 6.70. The average Bonchev–Trinajstić information content (AvgIpc) is 3.25. The number of benzene rings is 2. The van der Waals surface area contributed by atoms with Crippen molar-refractivity contribution in [1.82, 2.24) is 4.90 Å². The Bertz CT molecular complexity index is 915. The van der Waals surface area contributed by atoms with Crippen molar-refractivity contribution in [2.45, 2.75) is 37.0 Å². The van der Waals surface area contributed by atoms with E-state index in [1.807, 2.05) is 13.8 Å². The Labute approximate surface area is 170 Å². The molecule has 1 fully saturated rings. The van der Waals surface area contributed by atoms with Gasteiger partial charge in [0.25, 0.3) is 5.91 Å². The maximum Gasteiger partial charge on any atom is 0.260 e. The van der Waals surface area contributed by atoms with E-state index in [1.165, 1.54) is 23.1 Å². The minimum absolute atomic E-state index is 0.0600. The molecule has 3 rings (SSSR count). The van der Waals surface area contributed by atoms with E-state index in [2.05, 4.69) is 0 Å². The fraction of sp³-hybridized carbons (Fsp3) is 0.381. The van der Waals surface area contributed by atoms with Crippen LogP contribution in [0.2, 0.25) is 0 Å². The Balaban J connectivity index is 0.00000145. The van der Waals surface area contributed by atoms with Crippen LogP contribution in [0.3, 0.4) is 0 Å². The summed E-state index contributed by atoms with van der Waals surface area (Å²) < 4.78 is 44.0. The Morgan fingerprint density at radius 3 is 2.52 bits per heavy atom. The van der Waals surface area contributed by atoms with Crippen molar-refractivity contribution < 1.29 is 27.4 Å². The van der Waals surface area contributed by atoms with Gasteiger partial charge in [0, 0.05) is 13.1 Å². The van der Waals surface area contributed by atoms with Crippen LogP contribution in [0, 0.1) is 5.82 Å². The van der Waals surface area contributed by atoms with Gasteiger partial charge in [-0.3, -0.25) is 4.79 Å². The van der Waals surface area contributed by atoms with Crippen LogP contribution in [0.25, 0.3) is 0 Å². The van der Waals surface area contributed by atoms with Crippen molar-refractivity contribution in [3.8, 4) is 5.75 Å². The summed E-state index contributed by atoms with van der Waals surface area (Å²) in [5.41, 5.74) is 0.735. The van der Waals surface area contributed by atoms with Crippen LogP contribution in [0.5, 0.6) is 5.75 Å². The van der Waals surface area contributed by atoms with Gasteiger partial charge in [-0.15, -0.1) is 0 Å². The van der Waals surface area contributed by atoms with Crippen LogP contribution >= 0.6 is 0 Å². The van der Waals surface area contributed by atoms with E-state index < -0.39 is 20.9 Å². The minimum Gasteiger partial charge on any atom is -0.484 e. The molecule has 0 radical (unpaired) electrons. The Morgan fingerprint density at radius 2 is 1.90 bits per heavy atom. The number of hydrogen-bond acceptors (Lipinski definition) is 5. The predicted molar refractivity (Wildman–Crippen MR) is 108 cm³/mol. The van der Waals surface area contributed by atoms with Crippen molar-refractivity contribution >= 4 is 15.7 Å². The molecular formula is C21H26FNO5S. The topological polar surface area (TPSA) is 83.9 Å². The summed E-state index contributed by atoms with van der Waals surface area (Å²) in [5, 5.41) is 8.25. The number of hydrogen-bond donors (Lipinski definition) is 1. The Morgan fingerprint density at radius 1 is 1.21 bits per heavy atom. The zero-order valence-corrected chi connectivity index (χ0v) is 17.4. The van der Waals surface area contributed by atoms with Crippen LogP contribution in [0.15, 0.2) is 53.4 Å². The molecule has 0 spiro atoms. The van der Waals surface area contributed by atoms with E-state index in [0.29, 0.717) is 18.7 Å². The number of likely N-dealkylation sites (tertiary alicyclic amines) is 1. The smallest absolute Gasteiger partial charge is 0.260 e. The standard InChI is InChI=1S/C19H20FNO5S.C2H6/c20-15-2-1-3-17(10-15)27(24,25)18-8-9-21(11-18)19(23)13-26-16-6-4-14(12-22)5-7-16;1-2/h1-7,10,18,22H,8-9,11-13H2;1-2H3. The first-order valence-electron chi connectivity index (χ1n) is 9.50. The maximum absolute atomic E-state index is 13.3. The number of ether oxygens (including phenoxy) is 1. The lowest BCUT2D eigenvalue weighted by Gasteiger charge is -2.17. The molecule has 1 heterocycles. The highest BCUT2D eigenvalue weighted by atomic mass is 32.2. The molecule has 2 aromatic rings. The molecule has 1 atom stereocenters. The van der Waals surface area contributed by atoms with Gasteiger partial charge < -0.3 is 14.7 Å². The number of aliphatic hydroxyl groups excluding tert-OH is 1. The first-order chi connectivity index (χ1) is 13.9. The highest BCUT2D eigenvalue weighted by molar-refractivity contribution is 7.92. The Kier molecular flexibility index (Phi) is 8.16. The summed E-state index contributed by atoms with van der Waals surface area (Å²) >= 11 is 0. The van der Waals surface area contributed by atoms with Gasteiger partial charge in [-0.05, 0) is 42.3 Å². The van der Waals surface area contributed by atoms with E-state index in [0.717, 1.165) is 11.6 Å². The van der Waals surface area contributed by atoms with Gasteiger partial charge in [-0.25, -0.2) is 12.8 Å². The van der Waals surface area contributed by atoms with Crippen molar-refractivity contribution in [2.75, 3.05) is 19.7 Å². The first kappa shape index (κ1) is 22.8. The summed E-state index contributed by atoms with van der Waals surface area (Å²) in [6.45, 7) is 4.09. The molecule has 0 aromatic heterocycles. The monoisotopic (exact) mass is 423 g/mol. The van der Waals surface area contributed by atoms with E-state index in [4.69, 9.17) is 9.84 Å². The molecule has 1 saturated heterocycles. The van der Waals surface area contributed by atoms with Gasteiger partial charge in [0.15, 0.2) is 16.4 Å². The summed E-state index contributed by atoms with van der Waals surface area (Å²) in [4.78, 5) is 13.7. The van der Waals surface area contributed by atoms with Gasteiger partial charge >= 0.3 is 0 Å². The number of rotatable bonds is 6. The fourth-order valence-electron chi connectivity index (χ4n) is 2.97. The minimum atomic E-state index is -3.70. The first-order valence-corrected chi connectivity index (χ1v) is 11.0. The van der Waals surface area contributed by atoms with E-state index in [-0.39, 0.29) is 30.6 Å². The lowest BCUT2D eigenvalue weighted by Crippen LogP contribution is -2.35. The molecule has 1 aliphatic rings. The van der Waals surface area contributed by atoms with Crippen molar-refractivity contribution in [3.05, 3.63) is 59.9 Å². The molecule has 1 unspecified atom stereocenters. The lowest BCUT2D eigenvalue weighted by molar-refractivity contribution is -0.132. The van der Waals surface area contributed by atoms with Gasteiger partial charge in [0.1, 0.15) is 11.6 Å². The molecule has 0 saturated carbocycles. The number of aliphatic hydroxyl groups is 1. The summed E-state index contributed by atoms with van der Waals surface area (Å²) in [5.74, 6) is -0.426. The molecule has 158 valence electrons. The number of sulfone groups is 1. The summed E-state index contributed by atoms with van der Waals surface area (Å²) in [6.07, 6.45) is 0.301. The van der Waals surface area contributed by atoms with E-state index >= 15 is 0 Å². The van der Waals surface area contributed by atoms with Crippen LogP contribution in [0.1, 0.15) is 25.8 Å². The van der Waals surface area contributed by atoms with E-state index in [1.54, 1.807) is 24.3 Å². The second-order valence-electron chi connectivity index (χ2n) is 6.34. The third-order valence-electron chi connectivity index (χ3n) is 4.53. The second-order valence-corrected chi connectivity index (χ2v) is 8.57. The number of carbonyl (C=O) groups is 1. The molecule has 6 nitrogen and oxygen atoms in total. The van der Waals surface area contributed by atoms with Gasteiger partial charge in [0.2, 0.25) is 0 Å². The van der Waals surface area contributed by atoms with Crippen molar-refractivity contribution in [2.24, 2.45) is 0 Å². The van der Waals surface area contributed by atoms with Gasteiger partial charge in [0.05, 0.1) is 16.8 Å². The number of carbonyl (C=O) groups excluding carboxylic acids is 1. The highest BCUT2D eigenvalue weighted by Gasteiger charge is 2.36. The molecule has 1 aliphatic heterocycles. The second kappa shape index (κ2) is 10.4. The predicted octanol–water partition coefficient (Wildman–Crippen LogP) is 2.80. The average molecular weight is 424 g/mol. The number of halogens is 1. The molecule has 1 amide bonds. The van der Waals surface area contributed by atoms with Crippen LogP contribution in [-0.4, -0.2) is 49.3 Å². The summed E-state index contributed by atoms with van der Waals surface area (Å²) in [7, 11) is -3.70. The third kappa shape index (κ3) is 5.77. The fourth-order valence-corrected chi connectivity index (χ4v) is 4.69. The molecule has 8 heteroatoms. The number of nitrogens with zero attached hydrogens (tertiary/aromatic N) is 1. The lowest BCUT2D eigenvalue weighted by atomic mass is 10.2. The number of amides is 1. The van der Waals surface area contributed by atoms with Crippen LogP contribution in [-0.2, 0) is 21.2 Å². The van der Waals surface area contributed by atoms with Gasteiger partial charge in [-0.2, -0.15) is 0 Å². The van der Waals surface area contributed by atoms with Crippen LogP contribution in [0.4, 0.5) is 4.39 Å². The molecule has 2 aromatic carbocycles. The van der Waals surface area contributed by atoms with E-state index in [9.17, 15) is 17.6 Å². The largest absolute Gasteiger partial charge is 0.484 e. The SMILES string of the molecule is CC.O=C(COc1ccc(CO)cc1)N1CCC(S(=O)(=O)c2cccc(F)c2)C1. The van der Waals surface area contributed by atoms with Crippen LogP contribution < -0.4 is 4.74 Å². The molecule has 0 bridgehead atoms. The van der Waals surface area contributed by atoms with Gasteiger partial charge in [-0.1, -0.05) is 32.0 Å². The molecular weight excluding hydrogens is 397 g/mol. The normalized spacial score (nSPS) is 16.1. The van der Waals surface area contributed by atoms with Crippen molar-refractivity contribution in [1.29, 1.82) is 0 Å². The quantitative estimate of drug-likeness (QED) is 0.772. The molecule has 0 aliphatic carbocycles. The summed E-state index contributed by atoms with van der Waals surface area (Å²) in [6, 6.07) is 11.6.